The van der Waals surface area contributed by atoms with Gasteiger partial charge in [-0.05, 0) is 53.1 Å². The maximum atomic E-state index is 13.6. The van der Waals surface area contributed by atoms with Gasteiger partial charge in [0.15, 0.2) is 5.60 Å². The minimum absolute atomic E-state index is 0.0911. The van der Waals surface area contributed by atoms with E-state index >= 15 is 0 Å². The molecule has 0 aliphatic carbocycles. The van der Waals surface area contributed by atoms with Gasteiger partial charge in [0.2, 0.25) is 18.9 Å². The van der Waals surface area contributed by atoms with Gasteiger partial charge in [0, 0.05) is 0 Å². The summed E-state index contributed by atoms with van der Waals surface area (Å²) in [6.45, 7) is -3.36. The van der Waals surface area contributed by atoms with Crippen LogP contribution in [-0.4, -0.2) is 202 Å². The fourth-order valence-corrected chi connectivity index (χ4v) is 7.29. The molecule has 13 N–H and O–H groups in total. The van der Waals surface area contributed by atoms with Crippen LogP contribution in [0.4, 0.5) is 0 Å². The summed E-state index contributed by atoms with van der Waals surface area (Å²) in [4.78, 5) is 39.9. The number of carbonyl (C=O) groups is 3. The van der Waals surface area contributed by atoms with E-state index in [1.54, 1.807) is 0 Å². The Morgan fingerprint density at radius 3 is 0.957 bits per heavy atom. The zero-order valence-electron chi connectivity index (χ0n) is 37.0. The molecule has 0 bridgehead atoms. The van der Waals surface area contributed by atoms with Gasteiger partial charge in [0.1, 0.15) is 110 Å². The summed E-state index contributed by atoms with van der Waals surface area (Å²) in [6, 6.07) is 16.9. The lowest BCUT2D eigenvalue weighted by atomic mass is 9.95. The number of aliphatic hydroxyl groups is 13. The first-order valence-electron chi connectivity index (χ1n) is 21.7. The molecule has 1 unspecified atom stereocenters. The second-order valence-corrected chi connectivity index (χ2v) is 16.7. The van der Waals surface area contributed by atoms with E-state index in [1.807, 2.05) is 0 Å². The van der Waals surface area contributed by atoms with E-state index in [4.69, 9.17) is 42.6 Å². The summed E-state index contributed by atoms with van der Waals surface area (Å²) >= 11 is 0. The first-order valence-corrected chi connectivity index (χ1v) is 21.7. The third-order valence-electron chi connectivity index (χ3n) is 11.5. The molecule has 16 atom stereocenters. The Balaban J connectivity index is 1.07. The molecule has 3 heterocycles. The minimum atomic E-state index is -2.85. The van der Waals surface area contributed by atoms with E-state index in [1.165, 1.54) is 72.8 Å². The van der Waals surface area contributed by atoms with Crippen LogP contribution in [0.25, 0.3) is 0 Å². The van der Waals surface area contributed by atoms with Crippen molar-refractivity contribution in [1.29, 1.82) is 0 Å². The summed E-state index contributed by atoms with van der Waals surface area (Å²) < 4.78 is 48.6. The molecular formula is C45H56O25. The van der Waals surface area contributed by atoms with Gasteiger partial charge in [-0.15, -0.1) is 0 Å². The quantitative estimate of drug-likeness (QED) is 0.0373. The smallest absolute Gasteiger partial charge is 0.339 e. The van der Waals surface area contributed by atoms with Crippen molar-refractivity contribution in [2.75, 3.05) is 19.8 Å². The molecule has 386 valence electrons. The molecule has 0 aromatic heterocycles. The van der Waals surface area contributed by atoms with Gasteiger partial charge in [-0.1, -0.05) is 36.4 Å². The Morgan fingerprint density at radius 1 is 0.414 bits per heavy atom. The highest BCUT2D eigenvalue weighted by Crippen LogP contribution is 2.29. The average molecular weight is 997 g/mol. The third-order valence-corrected chi connectivity index (χ3v) is 11.5. The first-order chi connectivity index (χ1) is 33.3. The number of rotatable bonds is 20. The zero-order chi connectivity index (χ0) is 50.9. The van der Waals surface area contributed by atoms with E-state index in [2.05, 4.69) is 0 Å². The van der Waals surface area contributed by atoms with E-state index in [0.717, 1.165) is 0 Å². The minimum Gasteiger partial charge on any atom is -0.462 e. The molecule has 3 fully saturated rings. The van der Waals surface area contributed by atoms with E-state index in [9.17, 15) is 80.8 Å². The summed E-state index contributed by atoms with van der Waals surface area (Å²) in [6.07, 6.45) is -25.1. The van der Waals surface area contributed by atoms with Crippen molar-refractivity contribution in [2.24, 2.45) is 0 Å². The van der Waals surface area contributed by atoms with Crippen LogP contribution < -0.4 is 14.2 Å². The summed E-state index contributed by atoms with van der Waals surface area (Å²) in [7, 11) is 0. The summed E-state index contributed by atoms with van der Waals surface area (Å²) in [5.41, 5.74) is -1.82. The normalized spacial score (nSPS) is 31.9. The number of hydrogen-bond acceptors (Lipinski definition) is 25. The Bertz CT molecular complexity index is 2040. The summed E-state index contributed by atoms with van der Waals surface area (Å²) in [5.74, 6) is -3.41. The number of ether oxygens (including phenoxy) is 9. The van der Waals surface area contributed by atoms with E-state index < -0.39 is 168 Å². The molecule has 3 aliphatic heterocycles. The highest BCUT2D eigenvalue weighted by molar-refractivity contribution is 5.90. The maximum absolute atomic E-state index is 13.6. The van der Waals surface area contributed by atoms with Gasteiger partial charge < -0.3 is 109 Å². The number of esters is 3. The molecular weight excluding hydrogens is 940 g/mol. The van der Waals surface area contributed by atoms with Crippen LogP contribution in [0.5, 0.6) is 17.2 Å². The lowest BCUT2D eigenvalue weighted by Crippen LogP contribution is -2.60. The number of carbonyl (C=O) groups excluding carboxylic acids is 3. The van der Waals surface area contributed by atoms with E-state index in [-0.39, 0.29) is 17.2 Å². The zero-order valence-corrected chi connectivity index (χ0v) is 37.0. The highest BCUT2D eigenvalue weighted by Gasteiger charge is 2.48. The fraction of sp³-hybridized carbons (Fsp3) is 0.533. The Labute approximate surface area is 397 Å². The number of aliphatic hydroxyl groups excluding tert-OH is 12. The van der Waals surface area contributed by atoms with Crippen molar-refractivity contribution < 1.29 is 123 Å². The Morgan fingerprint density at radius 2 is 0.686 bits per heavy atom. The van der Waals surface area contributed by atoms with Gasteiger partial charge >= 0.3 is 17.9 Å². The molecule has 3 aliphatic rings. The molecule has 70 heavy (non-hydrogen) atoms. The first kappa shape index (κ1) is 54.2. The number of benzene rings is 3. The predicted octanol–water partition coefficient (Wildman–Crippen LogP) is -4.74. The van der Waals surface area contributed by atoms with Crippen molar-refractivity contribution >= 4 is 17.9 Å². The monoisotopic (exact) mass is 996 g/mol. The van der Waals surface area contributed by atoms with Crippen molar-refractivity contribution in [3.63, 3.8) is 0 Å². The lowest BCUT2D eigenvalue weighted by molar-refractivity contribution is -0.277. The predicted molar refractivity (Wildman–Crippen MR) is 226 cm³/mol. The Kier molecular flexibility index (Phi) is 18.8. The molecule has 6 rings (SSSR count). The van der Waals surface area contributed by atoms with Crippen molar-refractivity contribution in [3.05, 3.63) is 89.5 Å². The molecule has 3 aromatic carbocycles. The van der Waals surface area contributed by atoms with Crippen LogP contribution in [0.1, 0.15) is 29.5 Å². The van der Waals surface area contributed by atoms with Crippen LogP contribution in [0.2, 0.25) is 0 Å². The molecule has 0 radical (unpaired) electrons. The SMILES string of the molecule is O=C(CC(O)(CC(=O)OCc1ccc(O[C@H]2O[C@@H](CO)[C@H](O)[C@@H](O)[C@@H]2O)cc1)C(=O)OCc1ccc(O[C@@H]2O[C@H](CO)[C@@H](O)[C@H](O)[C@@H]2O)cc1)OCc1ccc(O[C@@H]2O[C@H](CO)[C@@H](O)[C@H](O)[C@@H]2O)cc1. The molecule has 25 nitrogen and oxygen atoms in total. The topological polar surface area (TPSA) is 397 Å². The number of hydrogen-bond donors (Lipinski definition) is 13. The van der Waals surface area contributed by atoms with Crippen molar-refractivity contribution in [1.82, 2.24) is 0 Å². The molecule has 3 saturated heterocycles. The average Bonchev–Trinajstić information content (AvgIpc) is 3.35. The second-order valence-electron chi connectivity index (χ2n) is 16.7. The van der Waals surface area contributed by atoms with Crippen molar-refractivity contribution in [3.8, 4) is 17.2 Å². The summed E-state index contributed by atoms with van der Waals surface area (Å²) in [5, 5.41) is 131. The second kappa shape index (κ2) is 24.3. The van der Waals surface area contributed by atoms with Crippen LogP contribution >= 0.6 is 0 Å². The van der Waals surface area contributed by atoms with Gasteiger partial charge in [-0.3, -0.25) is 9.59 Å². The van der Waals surface area contributed by atoms with Crippen LogP contribution in [0.3, 0.4) is 0 Å². The van der Waals surface area contributed by atoms with Gasteiger partial charge in [-0.25, -0.2) is 4.79 Å². The molecule has 0 saturated carbocycles. The maximum Gasteiger partial charge on any atom is 0.339 e. The van der Waals surface area contributed by atoms with Crippen LogP contribution in [0, 0.1) is 0 Å². The molecule has 3 aromatic rings. The standard InChI is InChI=1S/C45H56O25/c46-15-27-32(51)35(54)38(57)41(68-27)65-24-7-1-21(2-8-24)18-62-30(49)13-45(61,44(60)64-20-23-5-11-26(12-6-23)67-43-40(59)37(56)34(53)29(17-48)70-43)14-31(50)63-19-22-3-9-25(10-4-22)66-42-39(58)36(55)33(52)28(16-47)69-42/h1-12,27-29,32-43,46-48,51-59,61H,13-20H2/t27-,28+,29-,32-,33+,34-,35+,36-,37+,38+,39+,40+,41-,42+,43-,45?/m1/s1. The fourth-order valence-electron chi connectivity index (χ4n) is 7.29. The van der Waals surface area contributed by atoms with Gasteiger partial charge in [0.25, 0.3) is 0 Å². The van der Waals surface area contributed by atoms with Gasteiger partial charge in [0.05, 0.1) is 32.7 Å². The third kappa shape index (κ3) is 13.4. The molecule has 0 amide bonds. The lowest BCUT2D eigenvalue weighted by Gasteiger charge is -2.39. The molecule has 0 spiro atoms. The van der Waals surface area contributed by atoms with E-state index in [0.29, 0.717) is 16.7 Å². The largest absolute Gasteiger partial charge is 0.462 e. The molecule has 25 heteroatoms. The highest BCUT2D eigenvalue weighted by atomic mass is 16.7. The van der Waals surface area contributed by atoms with Crippen LogP contribution in [-0.2, 0) is 62.6 Å². The van der Waals surface area contributed by atoms with Crippen molar-refractivity contribution in [2.45, 2.75) is 130 Å². The Hall–Kier alpha value is -5.17. The van der Waals surface area contributed by atoms with Crippen LogP contribution in [0.15, 0.2) is 72.8 Å². The van der Waals surface area contributed by atoms with Gasteiger partial charge in [-0.2, -0.15) is 0 Å².